The van der Waals surface area contributed by atoms with E-state index < -0.39 is 0 Å². The lowest BCUT2D eigenvalue weighted by molar-refractivity contribution is -0.148. The molecule has 0 aliphatic heterocycles. The number of hydrogen-bond acceptors (Lipinski definition) is 3. The molecule has 0 spiro atoms. The number of aliphatic hydroxyl groups is 1. The first kappa shape index (κ1) is 16.0. The molecule has 4 heteroatoms. The van der Waals surface area contributed by atoms with Gasteiger partial charge in [0.15, 0.2) is 0 Å². The lowest BCUT2D eigenvalue weighted by Gasteiger charge is -2.15. The van der Waals surface area contributed by atoms with Crippen molar-refractivity contribution in [2.24, 2.45) is 5.92 Å². The second-order valence-electron chi connectivity index (χ2n) is 4.50. The van der Waals surface area contributed by atoms with Crippen LogP contribution in [-0.4, -0.2) is 24.3 Å². The molecule has 0 aliphatic carbocycles. The van der Waals surface area contributed by atoms with Crippen molar-refractivity contribution in [1.29, 1.82) is 0 Å². The van der Waals surface area contributed by atoms with Gasteiger partial charge in [-0.25, -0.2) is 0 Å². The Morgan fingerprint density at radius 3 is 2.58 bits per heavy atom. The van der Waals surface area contributed by atoms with Crippen LogP contribution in [0, 0.1) is 5.92 Å². The topological polar surface area (TPSA) is 46.5 Å². The molecular formula is C15H21ClO3. The molecule has 1 rings (SSSR count). The Bertz CT molecular complexity index is 375. The van der Waals surface area contributed by atoms with Gasteiger partial charge in [0.1, 0.15) is 0 Å². The number of unbranched alkanes of at least 4 members (excludes halogenated alkanes) is 1. The average Bonchev–Trinajstić information content (AvgIpc) is 2.40. The summed E-state index contributed by atoms with van der Waals surface area (Å²) >= 11 is 5.84. The van der Waals surface area contributed by atoms with Crippen molar-refractivity contribution in [3.63, 3.8) is 0 Å². The number of halogens is 1. The molecule has 0 bridgehead atoms. The zero-order chi connectivity index (χ0) is 14.1. The molecule has 0 saturated carbocycles. The molecule has 0 aliphatic rings. The molecule has 1 atom stereocenters. The molecule has 0 aromatic heterocycles. The van der Waals surface area contributed by atoms with Crippen LogP contribution in [0.2, 0.25) is 5.02 Å². The van der Waals surface area contributed by atoms with Gasteiger partial charge in [0.25, 0.3) is 0 Å². The van der Waals surface area contributed by atoms with Crippen molar-refractivity contribution in [3.8, 4) is 0 Å². The molecule has 0 amide bonds. The molecule has 0 fully saturated rings. The van der Waals surface area contributed by atoms with E-state index in [9.17, 15) is 4.79 Å². The number of ether oxygens (including phenoxy) is 1. The van der Waals surface area contributed by atoms with E-state index in [0.29, 0.717) is 18.1 Å². The highest BCUT2D eigenvalue weighted by atomic mass is 35.5. The normalized spacial score (nSPS) is 12.2. The summed E-state index contributed by atoms with van der Waals surface area (Å²) < 4.78 is 5.10. The maximum absolute atomic E-state index is 11.9. The first-order chi connectivity index (χ1) is 9.17. The molecule has 0 unspecified atom stereocenters. The van der Waals surface area contributed by atoms with Gasteiger partial charge in [-0.2, -0.15) is 0 Å². The molecule has 1 aromatic rings. The summed E-state index contributed by atoms with van der Waals surface area (Å²) in [5.41, 5.74) is 1.08. The Labute approximate surface area is 119 Å². The van der Waals surface area contributed by atoms with E-state index in [1.54, 1.807) is 0 Å². The van der Waals surface area contributed by atoms with Crippen LogP contribution < -0.4 is 0 Å². The summed E-state index contributed by atoms with van der Waals surface area (Å²) in [6.07, 6.45) is 2.94. The van der Waals surface area contributed by atoms with E-state index in [4.69, 9.17) is 21.4 Å². The second-order valence-corrected chi connectivity index (χ2v) is 4.94. The van der Waals surface area contributed by atoms with Crippen LogP contribution in [0.3, 0.4) is 0 Å². The highest BCUT2D eigenvalue weighted by Gasteiger charge is 2.19. The van der Waals surface area contributed by atoms with Crippen LogP contribution in [0.15, 0.2) is 24.3 Å². The first-order valence-electron chi connectivity index (χ1n) is 6.69. The minimum Gasteiger partial charge on any atom is -0.466 e. The maximum atomic E-state index is 11.9. The van der Waals surface area contributed by atoms with Crippen LogP contribution in [-0.2, 0) is 16.0 Å². The number of carbonyl (C=O) groups is 1. The minimum absolute atomic E-state index is 0.146. The average molecular weight is 285 g/mol. The maximum Gasteiger partial charge on any atom is 0.309 e. The monoisotopic (exact) mass is 284 g/mol. The lowest BCUT2D eigenvalue weighted by atomic mass is 9.94. The van der Waals surface area contributed by atoms with Crippen molar-refractivity contribution in [3.05, 3.63) is 34.9 Å². The second kappa shape index (κ2) is 8.94. The van der Waals surface area contributed by atoms with Crippen molar-refractivity contribution < 1.29 is 14.6 Å². The molecule has 19 heavy (non-hydrogen) atoms. The van der Waals surface area contributed by atoms with Crippen LogP contribution in [0.4, 0.5) is 0 Å². The summed E-state index contributed by atoms with van der Waals surface area (Å²) in [5, 5.41) is 9.50. The van der Waals surface area contributed by atoms with E-state index in [2.05, 4.69) is 0 Å². The fraction of sp³-hybridized carbons (Fsp3) is 0.533. The Morgan fingerprint density at radius 2 is 2.00 bits per heavy atom. The van der Waals surface area contributed by atoms with Crippen molar-refractivity contribution in [1.82, 2.24) is 0 Å². The summed E-state index contributed by atoms with van der Waals surface area (Å²) in [5.74, 6) is -0.303. The first-order valence-corrected chi connectivity index (χ1v) is 7.07. The number of aliphatic hydroxyl groups excluding tert-OH is 1. The Kier molecular flexibility index (Phi) is 7.53. The number of esters is 1. The standard InChI is InChI=1S/C15H21ClO3/c1-2-19-15(18)13(5-3-4-10-17)11-12-6-8-14(16)9-7-12/h6-9,13,17H,2-5,10-11H2,1H3/t13-/m1/s1. The number of rotatable bonds is 8. The molecule has 0 saturated heterocycles. The van der Waals surface area contributed by atoms with Gasteiger partial charge in [0, 0.05) is 11.6 Å². The van der Waals surface area contributed by atoms with Crippen molar-refractivity contribution in [2.45, 2.75) is 32.6 Å². The number of benzene rings is 1. The van der Waals surface area contributed by atoms with E-state index >= 15 is 0 Å². The summed E-state index contributed by atoms with van der Waals surface area (Å²) in [7, 11) is 0. The van der Waals surface area contributed by atoms with Crippen molar-refractivity contribution in [2.75, 3.05) is 13.2 Å². The van der Waals surface area contributed by atoms with Crippen LogP contribution in [0.25, 0.3) is 0 Å². The molecule has 0 radical (unpaired) electrons. The van der Waals surface area contributed by atoms with Gasteiger partial charge in [-0.15, -0.1) is 0 Å². The molecule has 1 N–H and O–H groups in total. The quantitative estimate of drug-likeness (QED) is 0.589. The Morgan fingerprint density at radius 1 is 1.32 bits per heavy atom. The zero-order valence-corrected chi connectivity index (χ0v) is 12.0. The van der Waals surface area contributed by atoms with E-state index in [0.717, 1.165) is 24.8 Å². The van der Waals surface area contributed by atoms with Gasteiger partial charge in [-0.3, -0.25) is 4.79 Å². The van der Waals surface area contributed by atoms with Crippen LogP contribution >= 0.6 is 11.6 Å². The molecule has 0 heterocycles. The van der Waals surface area contributed by atoms with E-state index in [1.165, 1.54) is 0 Å². The fourth-order valence-electron chi connectivity index (χ4n) is 1.97. The highest BCUT2D eigenvalue weighted by molar-refractivity contribution is 6.30. The fourth-order valence-corrected chi connectivity index (χ4v) is 2.10. The molecule has 1 aromatic carbocycles. The SMILES string of the molecule is CCOC(=O)[C@H](CCCCO)Cc1ccc(Cl)cc1. The van der Waals surface area contributed by atoms with Crippen LogP contribution in [0.5, 0.6) is 0 Å². The Balaban J connectivity index is 2.61. The highest BCUT2D eigenvalue weighted by Crippen LogP contribution is 2.19. The summed E-state index contributed by atoms with van der Waals surface area (Å²) in [4.78, 5) is 11.9. The molecule has 106 valence electrons. The summed E-state index contributed by atoms with van der Waals surface area (Å²) in [6, 6.07) is 7.51. The van der Waals surface area contributed by atoms with Gasteiger partial charge < -0.3 is 9.84 Å². The summed E-state index contributed by atoms with van der Waals surface area (Å²) in [6.45, 7) is 2.37. The Hall–Kier alpha value is -1.06. The van der Waals surface area contributed by atoms with Crippen molar-refractivity contribution >= 4 is 17.6 Å². The number of hydrogen-bond donors (Lipinski definition) is 1. The molecular weight excluding hydrogens is 264 g/mol. The van der Waals surface area contributed by atoms with Crippen LogP contribution in [0.1, 0.15) is 31.7 Å². The van der Waals surface area contributed by atoms with Gasteiger partial charge >= 0.3 is 5.97 Å². The smallest absolute Gasteiger partial charge is 0.309 e. The third-order valence-corrected chi connectivity index (χ3v) is 3.23. The van der Waals surface area contributed by atoms with Gasteiger partial charge in [0.2, 0.25) is 0 Å². The van der Waals surface area contributed by atoms with Gasteiger partial charge in [-0.05, 0) is 43.9 Å². The largest absolute Gasteiger partial charge is 0.466 e. The third kappa shape index (κ3) is 6.08. The zero-order valence-electron chi connectivity index (χ0n) is 11.3. The number of carbonyl (C=O) groups excluding carboxylic acids is 1. The lowest BCUT2D eigenvalue weighted by Crippen LogP contribution is -2.20. The van der Waals surface area contributed by atoms with E-state index in [-0.39, 0.29) is 18.5 Å². The van der Waals surface area contributed by atoms with Gasteiger partial charge in [0.05, 0.1) is 12.5 Å². The third-order valence-electron chi connectivity index (χ3n) is 2.98. The predicted molar refractivity (Wildman–Crippen MR) is 76.2 cm³/mol. The minimum atomic E-state index is -0.157. The predicted octanol–water partition coefficient (Wildman–Crippen LogP) is 3.22. The van der Waals surface area contributed by atoms with Gasteiger partial charge in [-0.1, -0.05) is 30.2 Å². The molecule has 3 nitrogen and oxygen atoms in total. The van der Waals surface area contributed by atoms with E-state index in [1.807, 2.05) is 31.2 Å².